The number of aryl methyl sites for hydroxylation is 1. The summed E-state index contributed by atoms with van der Waals surface area (Å²) in [4.78, 5) is 4.37. The first-order valence-corrected chi connectivity index (χ1v) is 8.80. The van der Waals surface area contributed by atoms with Crippen LogP contribution < -0.4 is 0 Å². The van der Waals surface area contributed by atoms with E-state index in [2.05, 4.69) is 16.5 Å². The highest BCUT2D eigenvalue weighted by Gasteiger charge is 2.26. The van der Waals surface area contributed by atoms with Crippen molar-refractivity contribution in [1.29, 1.82) is 0 Å². The maximum atomic E-state index is 11.6. The molecule has 1 unspecified atom stereocenters. The molecule has 1 saturated heterocycles. The van der Waals surface area contributed by atoms with Gasteiger partial charge < -0.3 is 4.57 Å². The van der Waals surface area contributed by atoms with Gasteiger partial charge in [0.15, 0.2) is 0 Å². The molecule has 1 atom stereocenters. The third-order valence-corrected chi connectivity index (χ3v) is 4.95. The van der Waals surface area contributed by atoms with Crippen LogP contribution in [0.2, 0.25) is 0 Å². The number of piperidine rings is 1. The second-order valence-electron chi connectivity index (χ2n) is 5.38. The number of hydrogen-bond donors (Lipinski definition) is 0. The summed E-state index contributed by atoms with van der Waals surface area (Å²) >= 11 is 0. The van der Waals surface area contributed by atoms with Crippen molar-refractivity contribution in [2.75, 3.05) is 19.3 Å². The number of sulfonamides is 1. The van der Waals surface area contributed by atoms with E-state index < -0.39 is 10.0 Å². The maximum Gasteiger partial charge on any atom is 0.211 e. The molecule has 0 N–H and O–H groups in total. The summed E-state index contributed by atoms with van der Waals surface area (Å²) in [6.07, 6.45) is 9.25. The number of nitrogens with zero attached hydrogens (tertiary/aromatic N) is 3. The number of imidazole rings is 1. The molecule has 0 aromatic carbocycles. The van der Waals surface area contributed by atoms with E-state index in [1.165, 1.54) is 6.26 Å². The van der Waals surface area contributed by atoms with Crippen LogP contribution in [0.5, 0.6) is 0 Å². The van der Waals surface area contributed by atoms with Crippen LogP contribution in [0.1, 0.15) is 32.0 Å². The average Bonchev–Trinajstić information content (AvgIpc) is 2.77. The van der Waals surface area contributed by atoms with Crippen molar-refractivity contribution in [3.63, 3.8) is 0 Å². The third-order valence-electron chi connectivity index (χ3n) is 3.68. The van der Waals surface area contributed by atoms with Gasteiger partial charge in [0.05, 0.1) is 6.26 Å². The molecule has 1 aromatic heterocycles. The molecule has 1 aromatic rings. The smallest absolute Gasteiger partial charge is 0.211 e. The molecule has 1 aliphatic rings. The first kappa shape index (κ1) is 14.5. The van der Waals surface area contributed by atoms with Crippen LogP contribution in [0, 0.1) is 5.92 Å². The first-order valence-electron chi connectivity index (χ1n) is 6.96. The standard InChI is InChI=1S/C13H23N3O2S/c1-3-5-13-14-7-9-15(13)10-12-6-4-8-16(11-12)19(2,17)18/h7,9,12H,3-6,8,10-11H2,1-2H3. The highest BCUT2D eigenvalue weighted by molar-refractivity contribution is 7.88. The summed E-state index contributed by atoms with van der Waals surface area (Å²) < 4.78 is 27.0. The molecule has 6 heteroatoms. The van der Waals surface area contributed by atoms with Gasteiger partial charge in [-0.3, -0.25) is 0 Å². The highest BCUT2D eigenvalue weighted by Crippen LogP contribution is 2.21. The zero-order chi connectivity index (χ0) is 13.9. The van der Waals surface area contributed by atoms with E-state index in [1.807, 2.05) is 12.4 Å². The lowest BCUT2D eigenvalue weighted by molar-refractivity contribution is 0.245. The zero-order valence-electron chi connectivity index (χ0n) is 11.7. The fraction of sp³-hybridized carbons (Fsp3) is 0.769. The van der Waals surface area contributed by atoms with E-state index >= 15 is 0 Å². The van der Waals surface area contributed by atoms with E-state index in [4.69, 9.17) is 0 Å². The molecule has 1 fully saturated rings. The molecular weight excluding hydrogens is 262 g/mol. The molecule has 0 bridgehead atoms. The second-order valence-corrected chi connectivity index (χ2v) is 7.36. The molecule has 0 spiro atoms. The Bertz CT molecular complexity index is 510. The van der Waals surface area contributed by atoms with Crippen LogP contribution in [-0.2, 0) is 23.0 Å². The minimum absolute atomic E-state index is 0.397. The van der Waals surface area contributed by atoms with Gasteiger partial charge in [0.1, 0.15) is 5.82 Å². The first-order chi connectivity index (χ1) is 9.00. The Hall–Kier alpha value is -0.880. The van der Waals surface area contributed by atoms with Gasteiger partial charge >= 0.3 is 0 Å². The van der Waals surface area contributed by atoms with E-state index in [9.17, 15) is 8.42 Å². The van der Waals surface area contributed by atoms with Crippen LogP contribution in [-0.4, -0.2) is 41.6 Å². The lowest BCUT2D eigenvalue weighted by Crippen LogP contribution is -2.40. The van der Waals surface area contributed by atoms with Crippen molar-refractivity contribution < 1.29 is 8.42 Å². The molecule has 19 heavy (non-hydrogen) atoms. The summed E-state index contributed by atoms with van der Waals surface area (Å²) in [6.45, 7) is 4.33. The number of rotatable bonds is 5. The lowest BCUT2D eigenvalue weighted by atomic mass is 9.99. The molecule has 5 nitrogen and oxygen atoms in total. The maximum absolute atomic E-state index is 11.6. The highest BCUT2D eigenvalue weighted by atomic mass is 32.2. The van der Waals surface area contributed by atoms with Crippen molar-refractivity contribution in [3.05, 3.63) is 18.2 Å². The van der Waals surface area contributed by atoms with Crippen molar-refractivity contribution in [2.24, 2.45) is 5.92 Å². The van der Waals surface area contributed by atoms with Crippen LogP contribution in [0.25, 0.3) is 0 Å². The summed E-state index contributed by atoms with van der Waals surface area (Å²) in [5.41, 5.74) is 0. The van der Waals surface area contributed by atoms with Crippen molar-refractivity contribution in [3.8, 4) is 0 Å². The molecule has 0 amide bonds. The predicted molar refractivity (Wildman–Crippen MR) is 75.4 cm³/mol. The molecule has 2 rings (SSSR count). The number of aromatic nitrogens is 2. The topological polar surface area (TPSA) is 55.2 Å². The van der Waals surface area contributed by atoms with Gasteiger partial charge in [-0.2, -0.15) is 0 Å². The second kappa shape index (κ2) is 6.05. The minimum atomic E-state index is -3.05. The fourth-order valence-corrected chi connectivity index (χ4v) is 3.66. The summed E-state index contributed by atoms with van der Waals surface area (Å²) in [7, 11) is -3.05. The third kappa shape index (κ3) is 3.79. The Morgan fingerprint density at radius 3 is 2.95 bits per heavy atom. The van der Waals surface area contributed by atoms with E-state index in [0.717, 1.165) is 38.1 Å². The van der Waals surface area contributed by atoms with Gasteiger partial charge in [-0.15, -0.1) is 0 Å². The van der Waals surface area contributed by atoms with Crippen LogP contribution in [0.3, 0.4) is 0 Å². The van der Waals surface area contributed by atoms with E-state index in [0.29, 0.717) is 19.0 Å². The van der Waals surface area contributed by atoms with E-state index in [-0.39, 0.29) is 0 Å². The largest absolute Gasteiger partial charge is 0.335 e. The Kier molecular flexibility index (Phi) is 4.62. The van der Waals surface area contributed by atoms with Crippen LogP contribution in [0.4, 0.5) is 0 Å². The molecule has 0 aliphatic carbocycles. The SMILES string of the molecule is CCCc1nccn1CC1CCCN(S(C)(=O)=O)C1. The van der Waals surface area contributed by atoms with Gasteiger partial charge in [0, 0.05) is 38.4 Å². The van der Waals surface area contributed by atoms with E-state index in [1.54, 1.807) is 4.31 Å². The van der Waals surface area contributed by atoms with Gasteiger partial charge in [-0.25, -0.2) is 17.7 Å². The van der Waals surface area contributed by atoms with Crippen molar-refractivity contribution in [1.82, 2.24) is 13.9 Å². The zero-order valence-corrected chi connectivity index (χ0v) is 12.6. The summed E-state index contributed by atoms with van der Waals surface area (Å²) in [6, 6.07) is 0. The van der Waals surface area contributed by atoms with Crippen molar-refractivity contribution in [2.45, 2.75) is 39.2 Å². The normalized spacial score (nSPS) is 21.7. The molecule has 108 valence electrons. The Labute approximate surface area is 115 Å². The molecule has 1 aliphatic heterocycles. The van der Waals surface area contributed by atoms with Gasteiger partial charge in [-0.05, 0) is 25.2 Å². The van der Waals surface area contributed by atoms with Crippen LogP contribution >= 0.6 is 0 Å². The molecule has 0 saturated carbocycles. The van der Waals surface area contributed by atoms with Gasteiger partial charge in [-0.1, -0.05) is 6.92 Å². The van der Waals surface area contributed by atoms with Gasteiger partial charge in [0.2, 0.25) is 10.0 Å². The lowest BCUT2D eigenvalue weighted by Gasteiger charge is -2.31. The Morgan fingerprint density at radius 2 is 2.26 bits per heavy atom. The Morgan fingerprint density at radius 1 is 1.47 bits per heavy atom. The fourth-order valence-electron chi connectivity index (χ4n) is 2.71. The molecular formula is C13H23N3O2S. The molecule has 2 heterocycles. The van der Waals surface area contributed by atoms with Gasteiger partial charge in [0.25, 0.3) is 0 Å². The predicted octanol–water partition coefficient (Wildman–Crippen LogP) is 1.51. The summed E-state index contributed by atoms with van der Waals surface area (Å²) in [5, 5.41) is 0. The molecule has 0 radical (unpaired) electrons. The van der Waals surface area contributed by atoms with Crippen molar-refractivity contribution >= 4 is 10.0 Å². The monoisotopic (exact) mass is 285 g/mol. The summed E-state index contributed by atoms with van der Waals surface area (Å²) in [5.74, 6) is 1.51. The minimum Gasteiger partial charge on any atom is -0.335 e. The van der Waals surface area contributed by atoms with Crippen LogP contribution in [0.15, 0.2) is 12.4 Å². The average molecular weight is 285 g/mol. The quantitative estimate of drug-likeness (QED) is 0.824. The number of hydrogen-bond acceptors (Lipinski definition) is 3. The Balaban J connectivity index is 2.01.